The van der Waals surface area contributed by atoms with Gasteiger partial charge in [0, 0.05) is 38.4 Å². The van der Waals surface area contributed by atoms with E-state index in [1.54, 1.807) is 0 Å². The zero-order valence-corrected chi connectivity index (χ0v) is 17.4. The molecule has 1 N–H and O–H groups in total. The summed E-state index contributed by atoms with van der Waals surface area (Å²) in [5, 5.41) is 5.42. The van der Waals surface area contributed by atoms with Crippen molar-refractivity contribution in [2.24, 2.45) is 0 Å². The van der Waals surface area contributed by atoms with E-state index in [0.717, 1.165) is 43.5 Å². The molecule has 1 saturated heterocycles. The Morgan fingerprint density at radius 3 is 2.46 bits per heavy atom. The lowest BCUT2D eigenvalue weighted by molar-refractivity contribution is 0.177. The molecule has 2 aromatic rings. The van der Waals surface area contributed by atoms with Crippen LogP contribution in [0.5, 0.6) is 0 Å². The van der Waals surface area contributed by atoms with Crippen molar-refractivity contribution in [3.63, 3.8) is 0 Å². The molecule has 26 heavy (non-hydrogen) atoms. The van der Waals surface area contributed by atoms with E-state index in [4.69, 9.17) is 35.4 Å². The van der Waals surface area contributed by atoms with E-state index in [1.807, 2.05) is 18.2 Å². The molecule has 0 saturated carbocycles. The lowest BCUT2D eigenvalue weighted by Gasteiger charge is -2.36. The van der Waals surface area contributed by atoms with Crippen LogP contribution in [0.3, 0.4) is 0 Å². The van der Waals surface area contributed by atoms with Gasteiger partial charge in [0.1, 0.15) is 0 Å². The second kappa shape index (κ2) is 8.57. The third-order valence-electron chi connectivity index (χ3n) is 4.90. The van der Waals surface area contributed by atoms with Crippen molar-refractivity contribution in [3.05, 3.63) is 63.1 Å². The van der Waals surface area contributed by atoms with Gasteiger partial charge in [0.25, 0.3) is 0 Å². The maximum atomic E-state index is 6.11. The average molecular weight is 408 g/mol. The fraction of sp³-hybridized carbons (Fsp3) is 0.350. The smallest absolute Gasteiger partial charge is 0.173 e. The van der Waals surface area contributed by atoms with Gasteiger partial charge in [-0.05, 0) is 61.0 Å². The molecule has 3 nitrogen and oxygen atoms in total. The van der Waals surface area contributed by atoms with E-state index in [2.05, 4.69) is 47.2 Å². The summed E-state index contributed by atoms with van der Waals surface area (Å²) in [6.07, 6.45) is 0. The number of nitrogens with one attached hydrogen (secondary N) is 1. The maximum absolute atomic E-state index is 6.11. The normalized spacial score (nSPS) is 15.2. The van der Waals surface area contributed by atoms with Gasteiger partial charge in [-0.1, -0.05) is 41.4 Å². The molecule has 0 spiro atoms. The summed E-state index contributed by atoms with van der Waals surface area (Å²) in [5.41, 5.74) is 4.79. The summed E-state index contributed by atoms with van der Waals surface area (Å²) in [6, 6.07) is 12.1. The number of hydrogen-bond acceptors (Lipinski definition) is 2. The first-order valence-corrected chi connectivity index (χ1v) is 9.89. The predicted molar refractivity (Wildman–Crippen MR) is 115 cm³/mol. The van der Waals surface area contributed by atoms with Gasteiger partial charge in [-0.2, -0.15) is 0 Å². The van der Waals surface area contributed by atoms with Crippen molar-refractivity contribution < 1.29 is 0 Å². The second-order valence-corrected chi connectivity index (χ2v) is 7.89. The average Bonchev–Trinajstić information content (AvgIpc) is 2.63. The fourth-order valence-electron chi connectivity index (χ4n) is 3.09. The van der Waals surface area contributed by atoms with Gasteiger partial charge in [-0.25, -0.2) is 0 Å². The Labute approximate surface area is 170 Å². The van der Waals surface area contributed by atoms with E-state index < -0.39 is 0 Å². The van der Waals surface area contributed by atoms with Crippen LogP contribution < -0.4 is 5.32 Å². The van der Waals surface area contributed by atoms with Gasteiger partial charge in [0.15, 0.2) is 5.11 Å². The van der Waals surface area contributed by atoms with Crippen molar-refractivity contribution in [2.75, 3.05) is 31.5 Å². The summed E-state index contributed by atoms with van der Waals surface area (Å²) in [5.74, 6) is 0. The molecule has 0 bridgehead atoms. The molecule has 6 heteroatoms. The van der Waals surface area contributed by atoms with E-state index in [-0.39, 0.29) is 0 Å². The Morgan fingerprint density at radius 1 is 1.04 bits per heavy atom. The number of rotatable bonds is 3. The number of halogens is 2. The number of aryl methyl sites for hydroxylation is 1. The molecular weight excluding hydrogens is 385 g/mol. The van der Waals surface area contributed by atoms with Crippen LogP contribution in [0.2, 0.25) is 10.0 Å². The molecule has 0 aromatic heterocycles. The fourth-order valence-corrected chi connectivity index (χ4v) is 3.70. The molecule has 0 radical (unpaired) electrons. The molecule has 1 aliphatic rings. The first kappa shape index (κ1) is 19.4. The number of nitrogens with zero attached hydrogens (tertiary/aromatic N) is 2. The van der Waals surface area contributed by atoms with E-state index >= 15 is 0 Å². The molecule has 0 unspecified atom stereocenters. The molecule has 3 rings (SSSR count). The predicted octanol–water partition coefficient (Wildman–Crippen LogP) is 5.12. The van der Waals surface area contributed by atoms with Crippen LogP contribution in [-0.4, -0.2) is 41.1 Å². The Morgan fingerprint density at radius 2 is 1.77 bits per heavy atom. The minimum absolute atomic E-state index is 0.600. The summed E-state index contributed by atoms with van der Waals surface area (Å²) in [6.45, 7) is 8.88. The van der Waals surface area contributed by atoms with Crippen molar-refractivity contribution in [2.45, 2.75) is 20.4 Å². The first-order chi connectivity index (χ1) is 12.4. The highest BCUT2D eigenvalue weighted by Gasteiger charge is 2.19. The van der Waals surface area contributed by atoms with Crippen molar-refractivity contribution in [1.29, 1.82) is 0 Å². The number of anilines is 1. The molecule has 0 aliphatic carbocycles. The third kappa shape index (κ3) is 4.68. The van der Waals surface area contributed by atoms with Crippen LogP contribution in [0.25, 0.3) is 0 Å². The van der Waals surface area contributed by atoms with Crippen molar-refractivity contribution in [1.82, 2.24) is 9.80 Å². The molecule has 2 aromatic carbocycles. The van der Waals surface area contributed by atoms with Crippen LogP contribution in [0.15, 0.2) is 36.4 Å². The van der Waals surface area contributed by atoms with Gasteiger partial charge in [0.2, 0.25) is 0 Å². The van der Waals surface area contributed by atoms with Crippen LogP contribution in [0.1, 0.15) is 16.7 Å². The monoisotopic (exact) mass is 407 g/mol. The molecule has 138 valence electrons. The van der Waals surface area contributed by atoms with Gasteiger partial charge < -0.3 is 10.2 Å². The summed E-state index contributed by atoms with van der Waals surface area (Å²) < 4.78 is 0. The van der Waals surface area contributed by atoms with Gasteiger partial charge in [-0.15, -0.1) is 0 Å². The molecule has 0 atom stereocenters. The minimum Gasteiger partial charge on any atom is -0.346 e. The number of benzene rings is 2. The van der Waals surface area contributed by atoms with Crippen LogP contribution in [-0.2, 0) is 6.54 Å². The summed E-state index contributed by atoms with van der Waals surface area (Å²) >= 11 is 17.7. The molecule has 1 aliphatic heterocycles. The van der Waals surface area contributed by atoms with Crippen molar-refractivity contribution in [3.8, 4) is 0 Å². The highest BCUT2D eigenvalue weighted by molar-refractivity contribution is 7.80. The molecular formula is C20H23Cl2N3S. The topological polar surface area (TPSA) is 18.5 Å². The lowest BCUT2D eigenvalue weighted by atomic mass is 10.1. The highest BCUT2D eigenvalue weighted by atomic mass is 35.5. The second-order valence-electron chi connectivity index (χ2n) is 6.69. The molecule has 0 amide bonds. The summed E-state index contributed by atoms with van der Waals surface area (Å²) in [7, 11) is 0. The first-order valence-electron chi connectivity index (χ1n) is 8.72. The lowest BCUT2D eigenvalue weighted by Crippen LogP contribution is -2.49. The Balaban J connectivity index is 1.53. The van der Waals surface area contributed by atoms with Crippen LogP contribution >= 0.6 is 35.4 Å². The Hall–Kier alpha value is -1.33. The molecule has 1 heterocycles. The maximum Gasteiger partial charge on any atom is 0.173 e. The zero-order chi connectivity index (χ0) is 18.7. The quantitative estimate of drug-likeness (QED) is 0.710. The number of thiocarbonyl (C=S) groups is 1. The number of piperazine rings is 1. The Kier molecular flexibility index (Phi) is 6.41. The minimum atomic E-state index is 0.600. The number of hydrogen-bond donors (Lipinski definition) is 1. The van der Waals surface area contributed by atoms with Crippen LogP contribution in [0, 0.1) is 13.8 Å². The van der Waals surface area contributed by atoms with Crippen molar-refractivity contribution >= 4 is 46.2 Å². The zero-order valence-electron chi connectivity index (χ0n) is 15.1. The van der Waals surface area contributed by atoms with Gasteiger partial charge in [0.05, 0.1) is 10.0 Å². The van der Waals surface area contributed by atoms with E-state index in [9.17, 15) is 0 Å². The van der Waals surface area contributed by atoms with Crippen LogP contribution in [0.4, 0.5) is 5.69 Å². The summed E-state index contributed by atoms with van der Waals surface area (Å²) in [4.78, 5) is 4.65. The van der Waals surface area contributed by atoms with E-state index in [1.165, 1.54) is 16.7 Å². The third-order valence-corrected chi connectivity index (χ3v) is 6.00. The largest absolute Gasteiger partial charge is 0.346 e. The van der Waals surface area contributed by atoms with E-state index in [0.29, 0.717) is 10.0 Å². The Bertz CT molecular complexity index is 802. The standard InChI is InChI=1S/C20H23Cl2N3S/c1-14-4-3-5-19(15(14)2)23-20(26)25-10-8-24(9-11-25)13-16-6-7-17(21)18(22)12-16/h3-7,12H,8-11,13H2,1-2H3,(H,23,26). The SMILES string of the molecule is Cc1cccc(NC(=S)N2CCN(Cc3ccc(Cl)c(Cl)c3)CC2)c1C. The molecule has 1 fully saturated rings. The van der Waals surface area contributed by atoms with Gasteiger partial charge >= 0.3 is 0 Å². The highest BCUT2D eigenvalue weighted by Crippen LogP contribution is 2.24. The van der Waals surface area contributed by atoms with Gasteiger partial charge in [-0.3, -0.25) is 4.90 Å².